The molecule has 0 aliphatic heterocycles. The molecular weight excluding hydrogens is 214 g/mol. The minimum absolute atomic E-state index is 0.115. The fourth-order valence-corrected chi connectivity index (χ4v) is 1.89. The Morgan fingerprint density at radius 1 is 1.00 bits per heavy atom. The maximum Gasteiger partial charge on any atom is 0.215 e. The van der Waals surface area contributed by atoms with Crippen LogP contribution in [0.15, 0.2) is 59.3 Å². The largest absolute Gasteiger partial charge is 0.364 e. The Hall–Kier alpha value is -2.42. The van der Waals surface area contributed by atoms with Gasteiger partial charge in [-0.2, -0.15) is 0 Å². The van der Waals surface area contributed by atoms with Crippen molar-refractivity contribution in [3.05, 3.63) is 66.1 Å². The second-order valence-corrected chi connectivity index (χ2v) is 3.74. The Bertz CT molecular complexity index is 666. The lowest BCUT2D eigenvalue weighted by Crippen LogP contribution is -2.02. The van der Waals surface area contributed by atoms with E-state index in [-0.39, 0.29) is 5.78 Å². The fraction of sp³-hybridized carbons (Fsp3) is 0. The highest BCUT2D eigenvalue weighted by molar-refractivity contribution is 6.15. The maximum absolute atomic E-state index is 12.2. The summed E-state index contributed by atoms with van der Waals surface area (Å²) >= 11 is 0. The summed E-state index contributed by atoms with van der Waals surface area (Å²) in [6.45, 7) is 0. The molecule has 82 valence electrons. The SMILES string of the molecule is O=C(c1ccon1)c1cccc2ccccc12. The predicted molar refractivity (Wildman–Crippen MR) is 63.9 cm³/mol. The van der Waals surface area contributed by atoms with Gasteiger partial charge >= 0.3 is 0 Å². The zero-order valence-electron chi connectivity index (χ0n) is 8.96. The van der Waals surface area contributed by atoms with Crippen molar-refractivity contribution in [3.8, 4) is 0 Å². The third-order valence-corrected chi connectivity index (χ3v) is 2.70. The minimum Gasteiger partial charge on any atom is -0.364 e. The number of carbonyl (C=O) groups is 1. The highest BCUT2D eigenvalue weighted by Crippen LogP contribution is 2.20. The standard InChI is InChI=1S/C14H9NO2/c16-14(13-8-9-17-15-13)12-7-3-5-10-4-1-2-6-11(10)12/h1-9H. The third kappa shape index (κ3) is 1.61. The summed E-state index contributed by atoms with van der Waals surface area (Å²) < 4.78 is 4.70. The number of fused-ring (bicyclic) bond motifs is 1. The van der Waals surface area contributed by atoms with Crippen LogP contribution >= 0.6 is 0 Å². The van der Waals surface area contributed by atoms with Crippen molar-refractivity contribution < 1.29 is 9.32 Å². The van der Waals surface area contributed by atoms with Crippen LogP contribution in [-0.4, -0.2) is 10.9 Å². The van der Waals surface area contributed by atoms with Gasteiger partial charge in [-0.25, -0.2) is 0 Å². The minimum atomic E-state index is -0.115. The summed E-state index contributed by atoms with van der Waals surface area (Å²) in [7, 11) is 0. The van der Waals surface area contributed by atoms with Crippen LogP contribution in [0, 0.1) is 0 Å². The molecule has 0 N–H and O–H groups in total. The molecule has 0 fully saturated rings. The van der Waals surface area contributed by atoms with E-state index in [1.54, 1.807) is 12.1 Å². The maximum atomic E-state index is 12.2. The topological polar surface area (TPSA) is 43.1 Å². The van der Waals surface area contributed by atoms with Crippen LogP contribution in [0.3, 0.4) is 0 Å². The number of rotatable bonds is 2. The number of hydrogen-bond donors (Lipinski definition) is 0. The van der Waals surface area contributed by atoms with Crippen LogP contribution in [0.5, 0.6) is 0 Å². The molecule has 1 heterocycles. The zero-order chi connectivity index (χ0) is 11.7. The summed E-state index contributed by atoms with van der Waals surface area (Å²) in [6, 6.07) is 15.0. The van der Waals surface area contributed by atoms with Crippen molar-refractivity contribution in [1.82, 2.24) is 5.16 Å². The van der Waals surface area contributed by atoms with Crippen LogP contribution in [0.2, 0.25) is 0 Å². The lowest BCUT2D eigenvalue weighted by Gasteiger charge is -2.03. The summed E-state index contributed by atoms with van der Waals surface area (Å²) in [5, 5.41) is 5.65. The van der Waals surface area contributed by atoms with Gasteiger partial charge in [0.1, 0.15) is 6.26 Å². The molecule has 0 amide bonds. The van der Waals surface area contributed by atoms with Crippen LogP contribution < -0.4 is 0 Å². The lowest BCUT2D eigenvalue weighted by atomic mass is 10.00. The molecule has 0 bridgehead atoms. The van der Waals surface area contributed by atoms with Crippen molar-refractivity contribution in [2.24, 2.45) is 0 Å². The highest BCUT2D eigenvalue weighted by Gasteiger charge is 2.14. The quantitative estimate of drug-likeness (QED) is 0.627. The van der Waals surface area contributed by atoms with E-state index >= 15 is 0 Å². The van der Waals surface area contributed by atoms with Gasteiger partial charge in [0, 0.05) is 11.6 Å². The number of hydrogen-bond acceptors (Lipinski definition) is 3. The average molecular weight is 223 g/mol. The number of ketones is 1. The molecule has 0 atom stereocenters. The van der Waals surface area contributed by atoms with Gasteiger partial charge < -0.3 is 4.52 Å². The molecular formula is C14H9NO2. The molecule has 1 aromatic heterocycles. The van der Waals surface area contributed by atoms with Crippen LogP contribution in [0.25, 0.3) is 10.8 Å². The van der Waals surface area contributed by atoms with E-state index in [9.17, 15) is 4.79 Å². The van der Waals surface area contributed by atoms with Gasteiger partial charge in [-0.1, -0.05) is 47.6 Å². The molecule has 0 unspecified atom stereocenters. The molecule has 2 aromatic carbocycles. The van der Waals surface area contributed by atoms with E-state index in [4.69, 9.17) is 4.52 Å². The van der Waals surface area contributed by atoms with Crippen LogP contribution in [0.1, 0.15) is 16.1 Å². The second kappa shape index (κ2) is 3.87. The van der Waals surface area contributed by atoms with Gasteiger partial charge in [0.25, 0.3) is 0 Å². The molecule has 17 heavy (non-hydrogen) atoms. The Balaban J connectivity index is 2.21. The van der Waals surface area contributed by atoms with Crippen molar-refractivity contribution >= 4 is 16.6 Å². The normalized spacial score (nSPS) is 10.6. The first-order chi connectivity index (χ1) is 8.36. The summed E-state index contributed by atoms with van der Waals surface area (Å²) in [5.74, 6) is -0.115. The predicted octanol–water partition coefficient (Wildman–Crippen LogP) is 3.06. The van der Waals surface area contributed by atoms with Gasteiger partial charge in [-0.05, 0) is 10.8 Å². The van der Waals surface area contributed by atoms with E-state index in [1.807, 2.05) is 36.4 Å². The first kappa shape index (κ1) is 9.78. The smallest absolute Gasteiger partial charge is 0.215 e. The Morgan fingerprint density at radius 2 is 1.82 bits per heavy atom. The number of aromatic nitrogens is 1. The second-order valence-electron chi connectivity index (χ2n) is 3.74. The summed E-state index contributed by atoms with van der Waals surface area (Å²) in [4.78, 5) is 12.2. The molecule has 0 aliphatic carbocycles. The van der Waals surface area contributed by atoms with Crippen molar-refractivity contribution in [2.75, 3.05) is 0 Å². The first-order valence-corrected chi connectivity index (χ1v) is 5.29. The van der Waals surface area contributed by atoms with Crippen LogP contribution in [-0.2, 0) is 0 Å². The van der Waals surface area contributed by atoms with Gasteiger partial charge in [0.05, 0.1) is 0 Å². The fourth-order valence-electron chi connectivity index (χ4n) is 1.89. The number of benzene rings is 2. The van der Waals surface area contributed by atoms with Gasteiger partial charge in [0.2, 0.25) is 5.78 Å². The monoisotopic (exact) mass is 223 g/mol. The molecule has 3 aromatic rings. The third-order valence-electron chi connectivity index (χ3n) is 2.70. The molecule has 3 nitrogen and oxygen atoms in total. The van der Waals surface area contributed by atoms with E-state index in [0.29, 0.717) is 11.3 Å². The molecule has 0 spiro atoms. The summed E-state index contributed by atoms with van der Waals surface area (Å²) in [6.07, 6.45) is 1.40. The molecule has 0 saturated carbocycles. The van der Waals surface area contributed by atoms with Crippen molar-refractivity contribution in [3.63, 3.8) is 0 Å². The summed E-state index contributed by atoms with van der Waals surface area (Å²) in [5.41, 5.74) is 0.985. The zero-order valence-corrected chi connectivity index (χ0v) is 8.96. The van der Waals surface area contributed by atoms with Crippen LogP contribution in [0.4, 0.5) is 0 Å². The Labute approximate surface area is 97.7 Å². The Kier molecular flexibility index (Phi) is 2.22. The van der Waals surface area contributed by atoms with E-state index in [2.05, 4.69) is 5.16 Å². The Morgan fingerprint density at radius 3 is 2.65 bits per heavy atom. The van der Waals surface area contributed by atoms with E-state index in [1.165, 1.54) is 6.26 Å². The van der Waals surface area contributed by atoms with Gasteiger partial charge in [-0.3, -0.25) is 4.79 Å². The van der Waals surface area contributed by atoms with Crippen molar-refractivity contribution in [1.29, 1.82) is 0 Å². The van der Waals surface area contributed by atoms with E-state index in [0.717, 1.165) is 10.8 Å². The van der Waals surface area contributed by atoms with E-state index < -0.39 is 0 Å². The molecule has 0 aliphatic rings. The number of carbonyl (C=O) groups excluding carboxylic acids is 1. The number of nitrogens with zero attached hydrogens (tertiary/aromatic N) is 1. The molecule has 0 saturated heterocycles. The lowest BCUT2D eigenvalue weighted by molar-refractivity contribution is 0.103. The van der Waals surface area contributed by atoms with Crippen molar-refractivity contribution in [2.45, 2.75) is 0 Å². The highest BCUT2D eigenvalue weighted by atomic mass is 16.5. The average Bonchev–Trinajstić information content (AvgIpc) is 2.91. The molecule has 3 rings (SSSR count). The van der Waals surface area contributed by atoms with Gasteiger partial charge in [-0.15, -0.1) is 0 Å². The molecule has 0 radical (unpaired) electrons. The molecule has 3 heteroatoms. The first-order valence-electron chi connectivity index (χ1n) is 5.29. The van der Waals surface area contributed by atoms with Gasteiger partial charge in [0.15, 0.2) is 5.69 Å².